The minimum atomic E-state index is -0.362. The number of hydrogen-bond donors (Lipinski definition) is 1. The lowest BCUT2D eigenvalue weighted by Crippen LogP contribution is -2.41. The minimum Gasteiger partial charge on any atom is -0.479 e. The van der Waals surface area contributed by atoms with Gasteiger partial charge in [0.1, 0.15) is 0 Å². The molecule has 1 aliphatic heterocycles. The first-order valence-corrected chi connectivity index (χ1v) is 6.75. The molecule has 0 saturated carbocycles. The zero-order valence-electron chi connectivity index (χ0n) is 11.7. The van der Waals surface area contributed by atoms with Gasteiger partial charge < -0.3 is 19.3 Å². The van der Waals surface area contributed by atoms with Gasteiger partial charge in [0, 0.05) is 6.54 Å². The summed E-state index contributed by atoms with van der Waals surface area (Å²) >= 11 is 0. The second-order valence-electron chi connectivity index (χ2n) is 4.88. The van der Waals surface area contributed by atoms with Gasteiger partial charge in [-0.2, -0.15) is 0 Å². The summed E-state index contributed by atoms with van der Waals surface area (Å²) in [4.78, 5) is 14.1. The van der Waals surface area contributed by atoms with Crippen LogP contribution in [0.25, 0.3) is 0 Å². The Labute approximate surface area is 121 Å². The van der Waals surface area contributed by atoms with Gasteiger partial charge in [0.2, 0.25) is 5.76 Å². The van der Waals surface area contributed by atoms with Crippen LogP contribution >= 0.6 is 0 Å². The quantitative estimate of drug-likeness (QED) is 0.924. The zero-order chi connectivity index (χ0) is 14.8. The van der Waals surface area contributed by atoms with E-state index in [1.165, 1.54) is 13.2 Å². The maximum absolute atomic E-state index is 12.5. The number of amides is 1. The monoisotopic (exact) mass is 288 g/mol. The van der Waals surface area contributed by atoms with Gasteiger partial charge in [-0.25, -0.2) is 0 Å². The predicted molar refractivity (Wildman–Crippen MR) is 74.1 cm³/mol. The van der Waals surface area contributed by atoms with E-state index in [0.717, 1.165) is 17.5 Å². The summed E-state index contributed by atoms with van der Waals surface area (Å²) in [6.45, 7) is 0.401. The Balaban J connectivity index is 1.90. The van der Waals surface area contributed by atoms with Crippen LogP contribution in [0.1, 0.15) is 27.7 Å². The highest BCUT2D eigenvalue weighted by molar-refractivity contribution is 5.92. The summed E-state index contributed by atoms with van der Waals surface area (Å²) in [6, 6.07) is 8.93. The standard InChI is InChI=1S/C15H16N2O4/c1-20-14-8-13(21-16-14)15(19)17-7-6-10-4-2-3-5-11(10)12(17)9-18/h2-5,8,12,18H,6-7,9H2,1H3. The number of carbonyl (C=O) groups excluding carboxylic acids is 1. The molecule has 6 nitrogen and oxygen atoms in total. The number of ether oxygens (including phenoxy) is 1. The number of benzene rings is 1. The molecule has 6 heteroatoms. The summed E-state index contributed by atoms with van der Waals surface area (Å²) in [5.74, 6) is 0.0837. The number of aliphatic hydroxyl groups excluding tert-OH is 1. The van der Waals surface area contributed by atoms with Crippen LogP contribution in [0.4, 0.5) is 0 Å². The third-order valence-corrected chi connectivity index (χ3v) is 3.75. The molecule has 0 saturated heterocycles. The summed E-state index contributed by atoms with van der Waals surface area (Å²) in [5.41, 5.74) is 2.14. The van der Waals surface area contributed by atoms with Crippen molar-refractivity contribution in [3.8, 4) is 5.88 Å². The van der Waals surface area contributed by atoms with Crippen molar-refractivity contribution < 1.29 is 19.2 Å². The fourth-order valence-corrected chi connectivity index (χ4v) is 2.69. The molecule has 3 rings (SSSR count). The highest BCUT2D eigenvalue weighted by atomic mass is 16.5. The Hall–Kier alpha value is -2.34. The highest BCUT2D eigenvalue weighted by Crippen LogP contribution is 2.30. The summed E-state index contributed by atoms with van der Waals surface area (Å²) < 4.78 is 9.92. The number of fused-ring (bicyclic) bond motifs is 1. The van der Waals surface area contributed by atoms with Crippen LogP contribution in [0.15, 0.2) is 34.9 Å². The Bertz CT molecular complexity index is 653. The Morgan fingerprint density at radius 1 is 1.52 bits per heavy atom. The van der Waals surface area contributed by atoms with E-state index in [1.54, 1.807) is 4.90 Å². The molecule has 1 atom stereocenters. The lowest BCUT2D eigenvalue weighted by atomic mass is 9.93. The number of rotatable bonds is 3. The fraction of sp³-hybridized carbons (Fsp3) is 0.333. The van der Waals surface area contributed by atoms with Gasteiger partial charge in [-0.15, -0.1) is 0 Å². The number of hydrogen-bond acceptors (Lipinski definition) is 5. The van der Waals surface area contributed by atoms with Gasteiger partial charge in [-0.1, -0.05) is 24.3 Å². The zero-order valence-corrected chi connectivity index (χ0v) is 11.7. The van der Waals surface area contributed by atoms with Crippen molar-refractivity contribution in [1.29, 1.82) is 0 Å². The fourth-order valence-electron chi connectivity index (χ4n) is 2.69. The van der Waals surface area contributed by atoms with Gasteiger partial charge in [-0.05, 0) is 22.7 Å². The van der Waals surface area contributed by atoms with Crippen molar-refractivity contribution in [2.75, 3.05) is 20.3 Å². The topological polar surface area (TPSA) is 75.8 Å². The maximum atomic E-state index is 12.5. The highest BCUT2D eigenvalue weighted by Gasteiger charge is 2.32. The summed E-state index contributed by atoms with van der Waals surface area (Å²) in [5, 5.41) is 13.3. The van der Waals surface area contributed by atoms with E-state index in [2.05, 4.69) is 5.16 Å². The molecule has 2 heterocycles. The van der Waals surface area contributed by atoms with Crippen molar-refractivity contribution in [3.63, 3.8) is 0 Å². The molecule has 0 bridgehead atoms. The number of aromatic nitrogens is 1. The molecule has 0 radical (unpaired) electrons. The lowest BCUT2D eigenvalue weighted by molar-refractivity contribution is 0.0528. The van der Waals surface area contributed by atoms with Gasteiger partial charge in [0.05, 0.1) is 25.8 Å². The molecule has 0 aliphatic carbocycles. The van der Waals surface area contributed by atoms with Crippen molar-refractivity contribution in [2.45, 2.75) is 12.5 Å². The average molecular weight is 288 g/mol. The molecule has 1 aromatic carbocycles. The van der Waals surface area contributed by atoms with Crippen LogP contribution in [0, 0.1) is 0 Å². The Morgan fingerprint density at radius 2 is 2.33 bits per heavy atom. The Morgan fingerprint density at radius 3 is 3.05 bits per heavy atom. The third-order valence-electron chi connectivity index (χ3n) is 3.75. The van der Waals surface area contributed by atoms with Crippen molar-refractivity contribution >= 4 is 5.91 Å². The summed E-state index contributed by atoms with van der Waals surface area (Å²) in [6.07, 6.45) is 0.754. The normalized spacial score (nSPS) is 17.4. The SMILES string of the molecule is COc1cc(C(=O)N2CCc3ccccc3C2CO)on1. The lowest BCUT2D eigenvalue weighted by Gasteiger charge is -2.35. The molecule has 1 amide bonds. The van der Waals surface area contributed by atoms with Crippen LogP contribution < -0.4 is 4.74 Å². The van der Waals surface area contributed by atoms with Crippen LogP contribution in [-0.2, 0) is 6.42 Å². The largest absolute Gasteiger partial charge is 0.479 e. The molecular formula is C15H16N2O4. The maximum Gasteiger partial charge on any atom is 0.293 e. The first-order valence-electron chi connectivity index (χ1n) is 6.75. The number of nitrogens with zero attached hydrogens (tertiary/aromatic N) is 2. The van der Waals surface area contributed by atoms with E-state index in [0.29, 0.717) is 6.54 Å². The van der Waals surface area contributed by atoms with Crippen LogP contribution in [0.2, 0.25) is 0 Å². The Kier molecular flexibility index (Phi) is 3.62. The molecule has 0 spiro atoms. The van der Waals surface area contributed by atoms with E-state index >= 15 is 0 Å². The molecule has 0 fully saturated rings. The van der Waals surface area contributed by atoms with E-state index in [4.69, 9.17) is 9.26 Å². The smallest absolute Gasteiger partial charge is 0.293 e. The van der Waals surface area contributed by atoms with Crippen molar-refractivity contribution in [3.05, 3.63) is 47.2 Å². The van der Waals surface area contributed by atoms with E-state index in [-0.39, 0.29) is 30.2 Å². The predicted octanol–water partition coefficient (Wildman–Crippen LogP) is 1.42. The van der Waals surface area contributed by atoms with E-state index in [9.17, 15) is 9.90 Å². The van der Waals surface area contributed by atoms with Crippen molar-refractivity contribution in [1.82, 2.24) is 10.1 Å². The molecule has 1 N–H and O–H groups in total. The number of carbonyl (C=O) groups is 1. The van der Waals surface area contributed by atoms with Gasteiger partial charge >= 0.3 is 0 Å². The molecular weight excluding hydrogens is 272 g/mol. The van der Waals surface area contributed by atoms with Crippen LogP contribution in [0.5, 0.6) is 5.88 Å². The van der Waals surface area contributed by atoms with E-state index < -0.39 is 0 Å². The second kappa shape index (κ2) is 5.57. The van der Waals surface area contributed by atoms with E-state index in [1.807, 2.05) is 24.3 Å². The molecule has 21 heavy (non-hydrogen) atoms. The van der Waals surface area contributed by atoms with Gasteiger partial charge in [0.25, 0.3) is 11.8 Å². The number of methoxy groups -OCH3 is 1. The summed E-state index contributed by atoms with van der Waals surface area (Å²) in [7, 11) is 1.46. The van der Waals surface area contributed by atoms with Gasteiger partial charge in [-0.3, -0.25) is 4.79 Å². The van der Waals surface area contributed by atoms with Crippen molar-refractivity contribution in [2.24, 2.45) is 0 Å². The minimum absolute atomic E-state index is 0.115. The molecule has 1 aliphatic rings. The van der Waals surface area contributed by atoms with Crippen LogP contribution in [-0.4, -0.2) is 41.3 Å². The first-order chi connectivity index (χ1) is 10.2. The van der Waals surface area contributed by atoms with Gasteiger partial charge in [0.15, 0.2) is 0 Å². The molecule has 2 aromatic rings. The second-order valence-corrected chi connectivity index (χ2v) is 4.88. The third kappa shape index (κ3) is 2.38. The molecule has 110 valence electrons. The number of aliphatic hydroxyl groups is 1. The average Bonchev–Trinajstić information content (AvgIpc) is 3.02. The molecule has 1 unspecified atom stereocenters. The van der Waals surface area contributed by atoms with Crippen LogP contribution in [0.3, 0.4) is 0 Å². The molecule has 1 aromatic heterocycles. The first kappa shape index (κ1) is 13.6.